The van der Waals surface area contributed by atoms with E-state index >= 15 is 0 Å². The summed E-state index contributed by atoms with van der Waals surface area (Å²) in [5, 5.41) is 21.5. The molecule has 0 fully saturated rings. The quantitative estimate of drug-likeness (QED) is 0.328. The molecule has 126 valence electrons. The number of aromatic carboxylic acids is 1. The lowest BCUT2D eigenvalue weighted by Crippen LogP contribution is -1.99. The summed E-state index contributed by atoms with van der Waals surface area (Å²) in [6, 6.07) is 20.7. The number of hydrogen-bond acceptors (Lipinski definition) is 4. The summed E-state index contributed by atoms with van der Waals surface area (Å²) >= 11 is 0. The van der Waals surface area contributed by atoms with Crippen LogP contribution in [-0.2, 0) is 0 Å². The Hall–Kier alpha value is -3.96. The van der Waals surface area contributed by atoms with Crippen molar-refractivity contribution in [3.8, 4) is 11.1 Å². The molecule has 0 aromatic heterocycles. The van der Waals surface area contributed by atoms with Gasteiger partial charge in [0.15, 0.2) is 0 Å². The third kappa shape index (κ3) is 3.58. The molecule has 3 aromatic rings. The lowest BCUT2D eigenvalue weighted by atomic mass is 9.97. The molecule has 0 aliphatic carbocycles. The van der Waals surface area contributed by atoms with Gasteiger partial charge in [0, 0.05) is 4.91 Å². The molecule has 1 N–H and O–H groups in total. The predicted molar refractivity (Wildman–Crippen MR) is 98.3 cm³/mol. The Morgan fingerprint density at radius 3 is 2.27 bits per heavy atom. The molecule has 7 nitrogen and oxygen atoms in total. The summed E-state index contributed by atoms with van der Waals surface area (Å²) < 4.78 is 0. The highest BCUT2D eigenvalue weighted by atomic mass is 16.4. The molecule has 0 aliphatic heterocycles. The van der Waals surface area contributed by atoms with E-state index in [1.165, 1.54) is 6.07 Å². The van der Waals surface area contributed by atoms with Crippen LogP contribution in [0.15, 0.2) is 88.1 Å². The number of nitrogens with zero attached hydrogens (tertiary/aromatic N) is 5. The Kier molecular flexibility index (Phi) is 5.03. The van der Waals surface area contributed by atoms with Crippen LogP contribution in [0.2, 0.25) is 0 Å². The van der Waals surface area contributed by atoms with E-state index in [0.29, 0.717) is 22.5 Å². The monoisotopic (exact) mass is 343 g/mol. The van der Waals surface area contributed by atoms with Crippen LogP contribution in [0.3, 0.4) is 0 Å². The second-order valence-electron chi connectivity index (χ2n) is 5.25. The summed E-state index contributed by atoms with van der Waals surface area (Å²) in [4.78, 5) is 14.4. The molecule has 0 bridgehead atoms. The molecule has 0 saturated carbocycles. The first-order valence-corrected chi connectivity index (χ1v) is 7.68. The Morgan fingerprint density at radius 1 is 0.846 bits per heavy atom. The number of benzene rings is 3. The Morgan fingerprint density at radius 2 is 1.54 bits per heavy atom. The average molecular weight is 343 g/mol. The summed E-state index contributed by atoms with van der Waals surface area (Å²) in [7, 11) is 0. The largest absolute Gasteiger partial charge is 0.478 e. The van der Waals surface area contributed by atoms with Crippen molar-refractivity contribution < 1.29 is 9.90 Å². The van der Waals surface area contributed by atoms with Crippen molar-refractivity contribution in [2.24, 2.45) is 15.3 Å². The van der Waals surface area contributed by atoms with E-state index in [0.717, 1.165) is 0 Å². The maximum absolute atomic E-state index is 11.5. The van der Waals surface area contributed by atoms with E-state index < -0.39 is 5.97 Å². The van der Waals surface area contributed by atoms with Gasteiger partial charge in [0.25, 0.3) is 0 Å². The second-order valence-corrected chi connectivity index (χ2v) is 5.25. The van der Waals surface area contributed by atoms with Crippen molar-refractivity contribution in [3.63, 3.8) is 0 Å². The molecule has 0 heterocycles. The van der Waals surface area contributed by atoms with Gasteiger partial charge in [0.1, 0.15) is 0 Å². The maximum Gasteiger partial charge on any atom is 0.336 e. The van der Waals surface area contributed by atoms with E-state index in [2.05, 4.69) is 20.3 Å². The molecule has 7 heteroatoms. The SMILES string of the molecule is [N-]=[N+]=Nc1c(N=Nc2ccccc2)cccc1-c1ccccc1C(=O)O. The maximum atomic E-state index is 11.5. The molecular formula is C19H13N5O2. The molecule has 0 saturated heterocycles. The Labute approximate surface area is 148 Å². The first-order valence-electron chi connectivity index (χ1n) is 7.68. The number of carboxylic acid groups (broad SMARTS) is 1. The van der Waals surface area contributed by atoms with Crippen molar-refractivity contribution >= 4 is 23.0 Å². The molecule has 0 spiro atoms. The van der Waals surface area contributed by atoms with E-state index in [1.807, 2.05) is 18.2 Å². The molecule has 0 radical (unpaired) electrons. The fourth-order valence-electron chi connectivity index (χ4n) is 2.49. The van der Waals surface area contributed by atoms with E-state index in [9.17, 15) is 9.90 Å². The molecule has 0 amide bonds. The van der Waals surface area contributed by atoms with Crippen LogP contribution in [0.5, 0.6) is 0 Å². The van der Waals surface area contributed by atoms with Gasteiger partial charge >= 0.3 is 5.97 Å². The van der Waals surface area contributed by atoms with Crippen molar-refractivity contribution in [2.45, 2.75) is 0 Å². The van der Waals surface area contributed by atoms with Crippen LogP contribution in [0.25, 0.3) is 21.6 Å². The average Bonchev–Trinajstić information content (AvgIpc) is 2.68. The molecular weight excluding hydrogens is 330 g/mol. The van der Waals surface area contributed by atoms with Gasteiger partial charge in [-0.25, -0.2) is 4.79 Å². The number of azide groups is 1. The van der Waals surface area contributed by atoms with Crippen LogP contribution >= 0.6 is 0 Å². The van der Waals surface area contributed by atoms with Crippen molar-refractivity contribution in [1.82, 2.24) is 0 Å². The minimum absolute atomic E-state index is 0.110. The van der Waals surface area contributed by atoms with Crippen molar-refractivity contribution in [1.29, 1.82) is 0 Å². The van der Waals surface area contributed by atoms with Gasteiger partial charge in [-0.05, 0) is 40.9 Å². The van der Waals surface area contributed by atoms with E-state index in [-0.39, 0.29) is 11.3 Å². The first kappa shape index (κ1) is 16.9. The molecule has 0 aliphatic rings. The smallest absolute Gasteiger partial charge is 0.336 e. The topological polar surface area (TPSA) is 111 Å². The number of carboxylic acids is 1. The number of rotatable bonds is 5. The fourth-order valence-corrected chi connectivity index (χ4v) is 2.49. The van der Waals surface area contributed by atoms with Gasteiger partial charge in [-0.1, -0.05) is 53.6 Å². The van der Waals surface area contributed by atoms with Crippen LogP contribution in [0, 0.1) is 0 Å². The fraction of sp³-hybridized carbons (Fsp3) is 0. The van der Waals surface area contributed by atoms with Crippen molar-refractivity contribution in [3.05, 3.63) is 88.8 Å². The minimum Gasteiger partial charge on any atom is -0.478 e. The normalized spacial score (nSPS) is 10.5. The number of carbonyl (C=O) groups is 1. The minimum atomic E-state index is -1.07. The Balaban J connectivity index is 2.15. The summed E-state index contributed by atoms with van der Waals surface area (Å²) in [6.07, 6.45) is 0. The zero-order valence-electron chi connectivity index (χ0n) is 13.5. The highest BCUT2D eigenvalue weighted by Crippen LogP contribution is 2.40. The summed E-state index contributed by atoms with van der Waals surface area (Å²) in [5.41, 5.74) is 11.2. The van der Waals surface area contributed by atoms with Crippen LogP contribution in [-0.4, -0.2) is 11.1 Å². The van der Waals surface area contributed by atoms with Crippen molar-refractivity contribution in [2.75, 3.05) is 0 Å². The zero-order valence-corrected chi connectivity index (χ0v) is 13.5. The predicted octanol–water partition coefficient (Wildman–Crippen LogP) is 6.41. The van der Waals surface area contributed by atoms with Gasteiger partial charge < -0.3 is 5.11 Å². The summed E-state index contributed by atoms with van der Waals surface area (Å²) in [5.74, 6) is -1.07. The lowest BCUT2D eigenvalue weighted by molar-refractivity contribution is 0.0697. The third-order valence-corrected chi connectivity index (χ3v) is 3.64. The molecule has 3 rings (SSSR count). The zero-order chi connectivity index (χ0) is 18.4. The standard InChI is InChI=1S/C19H13N5O2/c20-24-23-18-15(14-9-4-5-10-16(14)19(25)26)11-6-12-17(18)22-21-13-7-2-1-3-8-13/h1-12H,(H,25,26). The lowest BCUT2D eigenvalue weighted by Gasteiger charge is -2.10. The van der Waals surface area contributed by atoms with Crippen LogP contribution in [0.1, 0.15) is 10.4 Å². The number of hydrogen-bond donors (Lipinski definition) is 1. The van der Waals surface area contributed by atoms with Crippen LogP contribution in [0.4, 0.5) is 17.1 Å². The van der Waals surface area contributed by atoms with Gasteiger partial charge in [-0.2, -0.15) is 10.2 Å². The molecule has 0 atom stereocenters. The molecule has 3 aromatic carbocycles. The van der Waals surface area contributed by atoms with E-state index in [1.54, 1.807) is 48.5 Å². The highest BCUT2D eigenvalue weighted by molar-refractivity contribution is 5.99. The van der Waals surface area contributed by atoms with Crippen LogP contribution < -0.4 is 0 Å². The Bertz CT molecular complexity index is 1030. The van der Waals surface area contributed by atoms with Gasteiger partial charge in [0.2, 0.25) is 0 Å². The van der Waals surface area contributed by atoms with Gasteiger partial charge in [0.05, 0.1) is 22.6 Å². The third-order valence-electron chi connectivity index (χ3n) is 3.64. The first-order chi connectivity index (χ1) is 12.7. The van der Waals surface area contributed by atoms with Gasteiger partial charge in [-0.3, -0.25) is 0 Å². The molecule has 0 unspecified atom stereocenters. The molecule has 26 heavy (non-hydrogen) atoms. The summed E-state index contributed by atoms with van der Waals surface area (Å²) in [6.45, 7) is 0. The number of azo groups is 1. The van der Waals surface area contributed by atoms with E-state index in [4.69, 9.17) is 5.53 Å². The highest BCUT2D eigenvalue weighted by Gasteiger charge is 2.15. The second kappa shape index (κ2) is 7.74. The van der Waals surface area contributed by atoms with Gasteiger partial charge in [-0.15, -0.1) is 0 Å².